The number of nitrogen functional groups attached to an aromatic ring is 1. The van der Waals surface area contributed by atoms with Gasteiger partial charge in [0.05, 0.1) is 12.8 Å². The molecule has 0 amide bonds. The number of phenols is 1. The Labute approximate surface area is 104 Å². The minimum absolute atomic E-state index is 0.0740. The lowest BCUT2D eigenvalue weighted by Crippen LogP contribution is -2.06. The fraction of sp³-hybridized carbons (Fsp3) is 0.0769. The Morgan fingerprint density at radius 1 is 1.33 bits per heavy atom. The van der Waals surface area contributed by atoms with E-state index in [9.17, 15) is 5.11 Å². The van der Waals surface area contributed by atoms with Gasteiger partial charge in [0.2, 0.25) is 5.88 Å². The number of pyridine rings is 1. The lowest BCUT2D eigenvalue weighted by Gasteiger charge is -2.09. The van der Waals surface area contributed by atoms with Crippen LogP contribution in [0.5, 0.6) is 11.6 Å². The summed E-state index contributed by atoms with van der Waals surface area (Å²) in [5, 5.41) is 17.6. The second-order valence-corrected chi connectivity index (χ2v) is 3.73. The molecule has 0 aliphatic heterocycles. The first kappa shape index (κ1) is 11.9. The Kier molecular flexibility index (Phi) is 3.14. The van der Waals surface area contributed by atoms with E-state index in [-0.39, 0.29) is 11.5 Å². The van der Waals surface area contributed by atoms with Crippen molar-refractivity contribution in [1.82, 2.24) is 4.98 Å². The summed E-state index contributed by atoms with van der Waals surface area (Å²) in [6.07, 6.45) is 1.56. The fourth-order valence-corrected chi connectivity index (χ4v) is 1.59. The molecule has 2 rings (SSSR count). The molecule has 18 heavy (non-hydrogen) atoms. The lowest BCUT2D eigenvalue weighted by molar-refractivity contribution is 0.398. The van der Waals surface area contributed by atoms with E-state index in [1.165, 1.54) is 19.2 Å². The molecule has 0 aliphatic carbocycles. The molecule has 0 unspecified atom stereocenters. The van der Waals surface area contributed by atoms with Crippen molar-refractivity contribution in [1.29, 1.82) is 5.41 Å². The minimum atomic E-state index is 0.0740. The van der Waals surface area contributed by atoms with Gasteiger partial charge in [0, 0.05) is 29.1 Å². The number of aromatic hydroxyl groups is 1. The number of methoxy groups -OCH3 is 1. The zero-order valence-electron chi connectivity index (χ0n) is 9.84. The molecule has 1 aromatic carbocycles. The number of anilines is 1. The maximum atomic E-state index is 9.44. The Hall–Kier alpha value is -2.56. The molecule has 92 valence electrons. The van der Waals surface area contributed by atoms with Gasteiger partial charge in [0.15, 0.2) is 0 Å². The van der Waals surface area contributed by atoms with Gasteiger partial charge < -0.3 is 15.6 Å². The number of nitrogens with two attached hydrogens (primary N) is 1. The van der Waals surface area contributed by atoms with E-state index < -0.39 is 0 Å². The maximum absolute atomic E-state index is 9.44. The van der Waals surface area contributed by atoms with Gasteiger partial charge in [-0.05, 0) is 24.3 Å². The van der Waals surface area contributed by atoms with Crippen LogP contribution in [0.2, 0.25) is 0 Å². The molecular weight excluding hydrogens is 230 g/mol. The first-order valence-corrected chi connectivity index (χ1v) is 5.29. The van der Waals surface area contributed by atoms with Crippen LogP contribution in [0.4, 0.5) is 5.69 Å². The number of hydrogen-bond acceptors (Lipinski definition) is 5. The number of rotatable bonds is 3. The predicted octanol–water partition coefficient (Wildman–Crippen LogP) is 1.79. The van der Waals surface area contributed by atoms with Gasteiger partial charge >= 0.3 is 0 Å². The van der Waals surface area contributed by atoms with Gasteiger partial charge in [-0.3, -0.25) is 5.41 Å². The lowest BCUT2D eigenvalue weighted by atomic mass is 10.0. The number of aromatic nitrogens is 1. The standard InChI is InChI=1S/C13H13N3O2/c1-18-12-6-8(4-5-16-12)13(15)10-7-9(17)2-3-11(10)14/h2-7,15,17H,14H2,1H3. The second-order valence-electron chi connectivity index (χ2n) is 3.73. The maximum Gasteiger partial charge on any atom is 0.213 e. The molecule has 4 N–H and O–H groups in total. The van der Waals surface area contributed by atoms with Gasteiger partial charge in [-0.15, -0.1) is 0 Å². The molecule has 5 heteroatoms. The van der Waals surface area contributed by atoms with Crippen LogP contribution in [-0.2, 0) is 0 Å². The normalized spacial score (nSPS) is 10.1. The molecule has 0 radical (unpaired) electrons. The Morgan fingerprint density at radius 2 is 2.11 bits per heavy atom. The molecule has 0 aliphatic rings. The molecular formula is C13H13N3O2. The molecule has 0 atom stereocenters. The van der Waals surface area contributed by atoms with Crippen molar-refractivity contribution >= 4 is 11.4 Å². The van der Waals surface area contributed by atoms with Crippen molar-refractivity contribution in [3.63, 3.8) is 0 Å². The van der Waals surface area contributed by atoms with Crippen molar-refractivity contribution < 1.29 is 9.84 Å². The van der Waals surface area contributed by atoms with Gasteiger partial charge in [-0.2, -0.15) is 0 Å². The van der Waals surface area contributed by atoms with Gasteiger partial charge in [0.25, 0.3) is 0 Å². The smallest absolute Gasteiger partial charge is 0.213 e. The first-order chi connectivity index (χ1) is 8.61. The zero-order valence-corrected chi connectivity index (χ0v) is 9.84. The van der Waals surface area contributed by atoms with E-state index in [1.807, 2.05) is 0 Å². The van der Waals surface area contributed by atoms with Crippen molar-refractivity contribution in [3.05, 3.63) is 47.7 Å². The summed E-state index contributed by atoms with van der Waals surface area (Å²) in [5.74, 6) is 0.501. The third-order valence-electron chi connectivity index (χ3n) is 2.54. The Balaban J connectivity index is 2.44. The average molecular weight is 243 g/mol. The molecule has 0 fully saturated rings. The number of nitrogens with one attached hydrogen (secondary N) is 1. The van der Waals surface area contributed by atoms with E-state index in [2.05, 4.69) is 4.98 Å². The molecule has 0 saturated carbocycles. The highest BCUT2D eigenvalue weighted by atomic mass is 16.5. The van der Waals surface area contributed by atoms with Gasteiger partial charge in [0.1, 0.15) is 5.75 Å². The van der Waals surface area contributed by atoms with Crippen LogP contribution >= 0.6 is 0 Å². The van der Waals surface area contributed by atoms with E-state index in [0.29, 0.717) is 22.7 Å². The van der Waals surface area contributed by atoms with E-state index in [0.717, 1.165) is 0 Å². The van der Waals surface area contributed by atoms with Crippen LogP contribution in [0.3, 0.4) is 0 Å². The number of phenolic OH excluding ortho intramolecular Hbond substituents is 1. The average Bonchev–Trinajstić information content (AvgIpc) is 2.41. The van der Waals surface area contributed by atoms with Crippen molar-refractivity contribution in [3.8, 4) is 11.6 Å². The third kappa shape index (κ3) is 2.24. The first-order valence-electron chi connectivity index (χ1n) is 5.29. The minimum Gasteiger partial charge on any atom is -0.508 e. The molecule has 0 bridgehead atoms. The van der Waals surface area contributed by atoms with Crippen LogP contribution in [0, 0.1) is 5.41 Å². The quantitative estimate of drug-likeness (QED) is 0.435. The van der Waals surface area contributed by atoms with Crippen molar-refractivity contribution in [2.45, 2.75) is 0 Å². The molecule has 5 nitrogen and oxygen atoms in total. The van der Waals surface area contributed by atoms with Crippen LogP contribution in [0.1, 0.15) is 11.1 Å². The summed E-state index contributed by atoms with van der Waals surface area (Å²) in [4.78, 5) is 3.97. The van der Waals surface area contributed by atoms with Gasteiger partial charge in [-0.1, -0.05) is 0 Å². The van der Waals surface area contributed by atoms with Crippen LogP contribution in [0.15, 0.2) is 36.5 Å². The molecule has 0 saturated heterocycles. The third-order valence-corrected chi connectivity index (χ3v) is 2.54. The van der Waals surface area contributed by atoms with E-state index >= 15 is 0 Å². The largest absolute Gasteiger partial charge is 0.508 e. The van der Waals surface area contributed by atoms with Crippen LogP contribution < -0.4 is 10.5 Å². The molecule has 1 aromatic heterocycles. The molecule has 2 aromatic rings. The van der Waals surface area contributed by atoms with Crippen LogP contribution in [-0.4, -0.2) is 22.9 Å². The summed E-state index contributed by atoms with van der Waals surface area (Å²) >= 11 is 0. The number of nitrogens with zero attached hydrogens (tertiary/aromatic N) is 1. The highest BCUT2D eigenvalue weighted by Gasteiger charge is 2.10. The zero-order chi connectivity index (χ0) is 13.1. The van der Waals surface area contributed by atoms with Crippen molar-refractivity contribution in [2.75, 3.05) is 12.8 Å². The summed E-state index contributed by atoms with van der Waals surface area (Å²) in [7, 11) is 1.51. The number of ether oxygens (including phenoxy) is 1. The summed E-state index contributed by atoms with van der Waals surface area (Å²) in [6, 6.07) is 7.85. The topological polar surface area (TPSA) is 92.2 Å². The summed E-state index contributed by atoms with van der Waals surface area (Å²) in [5.41, 5.74) is 7.55. The van der Waals surface area contributed by atoms with E-state index in [4.69, 9.17) is 15.9 Å². The molecule has 1 heterocycles. The van der Waals surface area contributed by atoms with Crippen LogP contribution in [0.25, 0.3) is 0 Å². The number of benzene rings is 1. The number of hydrogen-bond donors (Lipinski definition) is 3. The fourth-order valence-electron chi connectivity index (χ4n) is 1.59. The summed E-state index contributed by atoms with van der Waals surface area (Å²) < 4.78 is 5.01. The highest BCUT2D eigenvalue weighted by molar-refractivity contribution is 6.14. The Morgan fingerprint density at radius 3 is 2.83 bits per heavy atom. The monoisotopic (exact) mass is 243 g/mol. The molecule has 0 spiro atoms. The highest BCUT2D eigenvalue weighted by Crippen LogP contribution is 2.22. The second kappa shape index (κ2) is 4.75. The Bertz CT molecular complexity index is 597. The van der Waals surface area contributed by atoms with Crippen molar-refractivity contribution in [2.24, 2.45) is 0 Å². The van der Waals surface area contributed by atoms with Gasteiger partial charge in [-0.25, -0.2) is 4.98 Å². The summed E-state index contributed by atoms with van der Waals surface area (Å²) in [6.45, 7) is 0. The van der Waals surface area contributed by atoms with E-state index in [1.54, 1.807) is 24.4 Å². The SMILES string of the molecule is COc1cc(C(=N)c2cc(O)ccc2N)ccn1. The predicted molar refractivity (Wildman–Crippen MR) is 69.2 cm³/mol.